The van der Waals surface area contributed by atoms with Crippen LogP contribution in [0, 0.1) is 0 Å². The van der Waals surface area contributed by atoms with Gasteiger partial charge in [-0.15, -0.1) is 24.8 Å². The minimum absolute atomic E-state index is 0. The topological polar surface area (TPSA) is 59.1 Å². The van der Waals surface area contributed by atoms with Crippen molar-refractivity contribution in [1.82, 2.24) is 4.98 Å². The Morgan fingerprint density at radius 1 is 1.42 bits per heavy atom. The highest BCUT2D eigenvalue weighted by Gasteiger charge is 1.91. The van der Waals surface area contributed by atoms with Gasteiger partial charge in [0.05, 0.1) is 12.3 Å². The Balaban J connectivity index is 0. The molecule has 1 heterocycles. The van der Waals surface area contributed by atoms with Crippen LogP contribution in [-0.4, -0.2) is 10.1 Å². The van der Waals surface area contributed by atoms with Crippen LogP contribution in [0.1, 0.15) is 11.3 Å². The van der Waals surface area contributed by atoms with Crippen LogP contribution in [0.4, 0.5) is 0 Å². The summed E-state index contributed by atoms with van der Waals surface area (Å²) in [5, 5.41) is 8.65. The quantitative estimate of drug-likeness (QED) is 0.763. The standard InChI is InChI=1S/C7H10N2O.2ClH/c8-4-6-1-2-9-7(3-6)5-10;;/h1-3,10H,4-5,8H2;2*1H. The normalized spacial score (nSPS) is 8.17. The molecule has 0 spiro atoms. The molecule has 0 fully saturated rings. The summed E-state index contributed by atoms with van der Waals surface area (Å²) in [6.07, 6.45) is 1.65. The molecule has 1 aromatic heterocycles. The van der Waals surface area contributed by atoms with Crippen LogP contribution >= 0.6 is 24.8 Å². The molecule has 3 N–H and O–H groups in total. The number of hydrogen-bond acceptors (Lipinski definition) is 3. The average Bonchev–Trinajstić information content (AvgIpc) is 2.05. The second-order valence-corrected chi connectivity index (χ2v) is 2.02. The maximum Gasteiger partial charge on any atom is 0.0853 e. The van der Waals surface area contributed by atoms with Crippen molar-refractivity contribution >= 4 is 24.8 Å². The van der Waals surface area contributed by atoms with Crippen LogP contribution in [0.5, 0.6) is 0 Å². The summed E-state index contributed by atoms with van der Waals surface area (Å²) in [5.74, 6) is 0. The van der Waals surface area contributed by atoms with Gasteiger partial charge in [0.2, 0.25) is 0 Å². The van der Waals surface area contributed by atoms with E-state index in [-0.39, 0.29) is 31.4 Å². The third kappa shape index (κ3) is 3.88. The number of nitrogens with two attached hydrogens (primary N) is 1. The van der Waals surface area contributed by atoms with E-state index in [2.05, 4.69) is 4.98 Å². The van der Waals surface area contributed by atoms with Gasteiger partial charge >= 0.3 is 0 Å². The first-order valence-corrected chi connectivity index (χ1v) is 3.11. The van der Waals surface area contributed by atoms with Gasteiger partial charge in [0.25, 0.3) is 0 Å². The molecule has 12 heavy (non-hydrogen) atoms. The third-order valence-electron chi connectivity index (χ3n) is 1.28. The minimum Gasteiger partial charge on any atom is -0.390 e. The summed E-state index contributed by atoms with van der Waals surface area (Å²) in [7, 11) is 0. The smallest absolute Gasteiger partial charge is 0.0853 e. The molecule has 0 atom stereocenters. The van der Waals surface area contributed by atoms with Crippen LogP contribution in [-0.2, 0) is 13.2 Å². The summed E-state index contributed by atoms with van der Waals surface area (Å²) < 4.78 is 0. The van der Waals surface area contributed by atoms with Gasteiger partial charge in [0.1, 0.15) is 0 Å². The molecule has 70 valence electrons. The number of halogens is 2. The van der Waals surface area contributed by atoms with Crippen LogP contribution in [0.15, 0.2) is 18.3 Å². The molecule has 0 amide bonds. The Hall–Kier alpha value is -0.350. The number of nitrogens with zero attached hydrogens (tertiary/aromatic N) is 1. The van der Waals surface area contributed by atoms with E-state index in [1.807, 2.05) is 6.07 Å². The van der Waals surface area contributed by atoms with Crippen molar-refractivity contribution in [3.05, 3.63) is 29.6 Å². The molecule has 0 aliphatic rings. The van der Waals surface area contributed by atoms with E-state index in [1.165, 1.54) is 0 Å². The van der Waals surface area contributed by atoms with E-state index in [9.17, 15) is 0 Å². The molecule has 0 unspecified atom stereocenters. The zero-order valence-corrected chi connectivity index (χ0v) is 8.07. The molecule has 5 heteroatoms. The first kappa shape index (κ1) is 14.2. The zero-order valence-electron chi connectivity index (χ0n) is 6.43. The first-order chi connectivity index (χ1) is 4.86. The fraction of sp³-hybridized carbons (Fsp3) is 0.286. The van der Waals surface area contributed by atoms with E-state index in [0.29, 0.717) is 12.2 Å². The van der Waals surface area contributed by atoms with E-state index >= 15 is 0 Å². The van der Waals surface area contributed by atoms with Crippen LogP contribution in [0.3, 0.4) is 0 Å². The Labute approximate surface area is 83.8 Å². The molecule has 1 aromatic rings. The number of pyridine rings is 1. The Morgan fingerprint density at radius 2 is 2.08 bits per heavy atom. The van der Waals surface area contributed by atoms with Crippen molar-refractivity contribution in [2.75, 3.05) is 0 Å². The number of aliphatic hydroxyl groups is 1. The predicted octanol–water partition coefficient (Wildman–Crippen LogP) is 0.876. The first-order valence-electron chi connectivity index (χ1n) is 3.11. The van der Waals surface area contributed by atoms with Crippen LogP contribution in [0.25, 0.3) is 0 Å². The third-order valence-corrected chi connectivity index (χ3v) is 1.28. The van der Waals surface area contributed by atoms with Crippen molar-refractivity contribution in [3.8, 4) is 0 Å². The molecule has 0 bridgehead atoms. The lowest BCUT2D eigenvalue weighted by atomic mass is 10.2. The lowest BCUT2D eigenvalue weighted by molar-refractivity contribution is 0.276. The van der Waals surface area contributed by atoms with Gasteiger partial charge in [-0.25, -0.2) is 0 Å². The highest BCUT2D eigenvalue weighted by molar-refractivity contribution is 5.85. The number of aromatic nitrogens is 1. The van der Waals surface area contributed by atoms with Gasteiger partial charge in [0, 0.05) is 12.7 Å². The van der Waals surface area contributed by atoms with Crippen LogP contribution in [0.2, 0.25) is 0 Å². The summed E-state index contributed by atoms with van der Waals surface area (Å²) in [4.78, 5) is 3.90. The molecule has 0 saturated carbocycles. The zero-order chi connectivity index (χ0) is 7.40. The van der Waals surface area contributed by atoms with Crippen molar-refractivity contribution < 1.29 is 5.11 Å². The summed E-state index contributed by atoms with van der Waals surface area (Å²) in [6, 6.07) is 3.62. The molecule has 0 aliphatic heterocycles. The van der Waals surface area contributed by atoms with Crippen molar-refractivity contribution in [3.63, 3.8) is 0 Å². The summed E-state index contributed by atoms with van der Waals surface area (Å²) in [5.41, 5.74) is 7.03. The van der Waals surface area contributed by atoms with Gasteiger partial charge < -0.3 is 10.8 Å². The summed E-state index contributed by atoms with van der Waals surface area (Å²) >= 11 is 0. The Kier molecular flexibility index (Phi) is 8.64. The van der Waals surface area contributed by atoms with Crippen molar-refractivity contribution in [2.24, 2.45) is 5.73 Å². The predicted molar refractivity (Wildman–Crippen MR) is 52.5 cm³/mol. The number of hydrogen-bond donors (Lipinski definition) is 2. The molecular formula is C7H12Cl2N2O. The Morgan fingerprint density at radius 3 is 2.58 bits per heavy atom. The maximum atomic E-state index is 8.65. The molecule has 0 aliphatic carbocycles. The van der Waals surface area contributed by atoms with E-state index in [1.54, 1.807) is 12.3 Å². The highest BCUT2D eigenvalue weighted by Crippen LogP contribution is 1.99. The van der Waals surface area contributed by atoms with Crippen molar-refractivity contribution in [2.45, 2.75) is 13.2 Å². The molecule has 0 aromatic carbocycles. The van der Waals surface area contributed by atoms with Gasteiger partial charge in [-0.3, -0.25) is 4.98 Å². The molecule has 0 saturated heterocycles. The summed E-state index contributed by atoms with van der Waals surface area (Å²) in [6.45, 7) is 0.476. The molecule has 0 radical (unpaired) electrons. The second kappa shape index (κ2) is 7.31. The van der Waals surface area contributed by atoms with E-state index < -0.39 is 0 Å². The van der Waals surface area contributed by atoms with Gasteiger partial charge in [-0.05, 0) is 17.7 Å². The van der Waals surface area contributed by atoms with E-state index in [4.69, 9.17) is 10.8 Å². The SMILES string of the molecule is Cl.Cl.NCc1ccnc(CO)c1. The molecule has 1 rings (SSSR count). The fourth-order valence-corrected chi connectivity index (χ4v) is 0.742. The molecular weight excluding hydrogens is 199 g/mol. The monoisotopic (exact) mass is 210 g/mol. The maximum absolute atomic E-state index is 8.65. The fourth-order valence-electron chi connectivity index (χ4n) is 0.742. The largest absolute Gasteiger partial charge is 0.390 e. The lowest BCUT2D eigenvalue weighted by Gasteiger charge is -1.97. The van der Waals surface area contributed by atoms with Crippen molar-refractivity contribution in [1.29, 1.82) is 0 Å². The minimum atomic E-state index is -0.0200. The van der Waals surface area contributed by atoms with Gasteiger partial charge in [0.15, 0.2) is 0 Å². The van der Waals surface area contributed by atoms with E-state index in [0.717, 1.165) is 5.56 Å². The second-order valence-electron chi connectivity index (χ2n) is 2.02. The Bertz CT molecular complexity index is 201. The lowest BCUT2D eigenvalue weighted by Crippen LogP contribution is -1.98. The average molecular weight is 211 g/mol. The van der Waals surface area contributed by atoms with Gasteiger partial charge in [-0.2, -0.15) is 0 Å². The highest BCUT2D eigenvalue weighted by atomic mass is 35.5. The number of rotatable bonds is 2. The number of aliphatic hydroxyl groups excluding tert-OH is 1. The van der Waals surface area contributed by atoms with Gasteiger partial charge in [-0.1, -0.05) is 0 Å². The van der Waals surface area contributed by atoms with Crippen LogP contribution < -0.4 is 5.73 Å². The molecule has 3 nitrogen and oxygen atoms in total.